The third-order valence-electron chi connectivity index (χ3n) is 3.49. The monoisotopic (exact) mass is 349 g/mol. The molecule has 0 aromatic carbocycles. The van der Waals surface area contributed by atoms with Crippen LogP contribution < -0.4 is 3.53 Å². The van der Waals surface area contributed by atoms with Crippen LogP contribution in [-0.2, 0) is 0 Å². The summed E-state index contributed by atoms with van der Waals surface area (Å²) in [6, 6.07) is 2.53. The molecule has 98 valence electrons. The quantitative estimate of drug-likeness (QED) is 0.262. The second-order valence-corrected chi connectivity index (χ2v) is 10.4. The zero-order valence-electron chi connectivity index (χ0n) is 11.2. The van der Waals surface area contributed by atoms with Crippen LogP contribution in [0.15, 0.2) is 4.99 Å². The van der Waals surface area contributed by atoms with Crippen LogP contribution in [0.2, 0.25) is 0 Å². The number of aliphatic imine (C=N–C) groups is 1. The molecule has 17 heavy (non-hydrogen) atoms. The normalized spacial score (nSPS) is 19.2. The van der Waals surface area contributed by atoms with Crippen LogP contribution in [0.1, 0.15) is 46.0 Å². The Morgan fingerprint density at radius 1 is 1.53 bits per heavy atom. The molecule has 4 heteroatoms. The molecular formula is C13H24IN3. The summed E-state index contributed by atoms with van der Waals surface area (Å²) in [5, 5.41) is 9.17. The maximum absolute atomic E-state index is 9.17. The first-order valence-electron chi connectivity index (χ1n) is 6.39. The topological polar surface area (TPSA) is 48.2 Å². The number of rotatable bonds is 6. The molecule has 1 fully saturated rings. The van der Waals surface area contributed by atoms with Gasteiger partial charge in [0.15, 0.2) is 0 Å². The number of hydrogen-bond acceptors (Lipinski definition) is 2. The minimum absolute atomic E-state index is 0.0590. The van der Waals surface area contributed by atoms with Crippen LogP contribution in [0.25, 0.3) is 0 Å². The van der Waals surface area contributed by atoms with E-state index in [9.17, 15) is 5.26 Å². The fourth-order valence-electron chi connectivity index (χ4n) is 2.07. The Kier molecular flexibility index (Phi) is 6.24. The average Bonchev–Trinajstić information content (AvgIpc) is 2.30. The summed E-state index contributed by atoms with van der Waals surface area (Å²) >= 11 is -1.04. The van der Waals surface area contributed by atoms with Gasteiger partial charge >= 0.3 is 113 Å². The van der Waals surface area contributed by atoms with E-state index < -0.39 is 20.1 Å². The standard InChI is InChI=1S/C13H24IN3/c1-4-14(17-12(2)16-3)10-6-9-13(11-15)7-5-8-13/h4-10H2,1-3H3,(H,16,17). The molecule has 0 amide bonds. The van der Waals surface area contributed by atoms with Gasteiger partial charge in [-0.25, -0.2) is 0 Å². The van der Waals surface area contributed by atoms with Crippen LogP contribution in [0.3, 0.4) is 0 Å². The maximum atomic E-state index is 9.17. The molecule has 3 nitrogen and oxygen atoms in total. The summed E-state index contributed by atoms with van der Waals surface area (Å²) in [6.45, 7) is 4.31. The first-order valence-corrected chi connectivity index (χ1v) is 10.5. The predicted molar refractivity (Wildman–Crippen MR) is 82.7 cm³/mol. The Morgan fingerprint density at radius 2 is 2.24 bits per heavy atom. The molecule has 0 aromatic rings. The summed E-state index contributed by atoms with van der Waals surface area (Å²) in [5.74, 6) is 1.08. The molecule has 1 aliphatic carbocycles. The average molecular weight is 349 g/mol. The van der Waals surface area contributed by atoms with Crippen molar-refractivity contribution in [1.82, 2.24) is 3.53 Å². The van der Waals surface area contributed by atoms with Crippen molar-refractivity contribution in [2.24, 2.45) is 10.4 Å². The van der Waals surface area contributed by atoms with E-state index >= 15 is 0 Å². The van der Waals surface area contributed by atoms with E-state index in [4.69, 9.17) is 0 Å². The van der Waals surface area contributed by atoms with E-state index in [1.807, 2.05) is 14.0 Å². The van der Waals surface area contributed by atoms with E-state index in [0.29, 0.717) is 0 Å². The Balaban J connectivity index is 2.26. The van der Waals surface area contributed by atoms with Gasteiger partial charge in [-0.1, -0.05) is 0 Å². The van der Waals surface area contributed by atoms with Crippen molar-refractivity contribution in [3.63, 3.8) is 0 Å². The van der Waals surface area contributed by atoms with Crippen LogP contribution in [0.4, 0.5) is 0 Å². The van der Waals surface area contributed by atoms with Crippen LogP contribution in [0, 0.1) is 16.7 Å². The van der Waals surface area contributed by atoms with Gasteiger partial charge in [0.25, 0.3) is 0 Å². The number of amidine groups is 1. The number of alkyl halides is 2. The van der Waals surface area contributed by atoms with E-state index in [2.05, 4.69) is 21.5 Å². The van der Waals surface area contributed by atoms with Gasteiger partial charge in [-0.2, -0.15) is 0 Å². The molecule has 0 aliphatic heterocycles. The van der Waals surface area contributed by atoms with E-state index in [1.165, 1.54) is 21.7 Å². The fourth-order valence-corrected chi connectivity index (χ4v) is 6.13. The summed E-state index contributed by atoms with van der Waals surface area (Å²) in [5.41, 5.74) is 0.0590. The number of nitrogens with zero attached hydrogens (tertiary/aromatic N) is 2. The van der Waals surface area contributed by atoms with Gasteiger partial charge in [0.2, 0.25) is 0 Å². The zero-order chi connectivity index (χ0) is 12.7. The molecule has 1 aliphatic rings. The van der Waals surface area contributed by atoms with Gasteiger partial charge < -0.3 is 0 Å². The van der Waals surface area contributed by atoms with Gasteiger partial charge in [0, 0.05) is 0 Å². The van der Waals surface area contributed by atoms with Crippen LogP contribution >= 0.6 is 20.1 Å². The van der Waals surface area contributed by atoms with E-state index in [1.54, 1.807) is 0 Å². The predicted octanol–water partition coefficient (Wildman–Crippen LogP) is 3.54. The Hall–Kier alpha value is -0.310. The summed E-state index contributed by atoms with van der Waals surface area (Å²) in [6.07, 6.45) is 5.85. The summed E-state index contributed by atoms with van der Waals surface area (Å²) < 4.78 is 6.16. The van der Waals surface area contributed by atoms with E-state index in [0.717, 1.165) is 25.1 Å². The SMILES string of the molecule is CCI(CCCC1(C#N)CCC1)NC(C)=NC. The van der Waals surface area contributed by atoms with Crippen LogP contribution in [-0.4, -0.2) is 21.7 Å². The molecular weight excluding hydrogens is 325 g/mol. The van der Waals surface area contributed by atoms with Crippen molar-refractivity contribution in [2.75, 3.05) is 15.9 Å². The number of halogens is 1. The van der Waals surface area contributed by atoms with Gasteiger partial charge in [-0.15, -0.1) is 0 Å². The molecule has 1 saturated carbocycles. The molecule has 0 saturated heterocycles. The minimum atomic E-state index is -1.04. The Morgan fingerprint density at radius 3 is 2.65 bits per heavy atom. The number of hydrogen-bond donors (Lipinski definition) is 1. The molecule has 0 aromatic heterocycles. The molecule has 0 atom stereocenters. The number of nitrogens with one attached hydrogen (secondary N) is 1. The van der Waals surface area contributed by atoms with Crippen molar-refractivity contribution in [3.05, 3.63) is 0 Å². The van der Waals surface area contributed by atoms with Crippen molar-refractivity contribution >= 4 is 25.9 Å². The molecule has 1 rings (SSSR count). The van der Waals surface area contributed by atoms with Crippen molar-refractivity contribution in [1.29, 1.82) is 5.26 Å². The molecule has 0 unspecified atom stereocenters. The first kappa shape index (κ1) is 14.7. The van der Waals surface area contributed by atoms with Gasteiger partial charge in [0.1, 0.15) is 0 Å². The second-order valence-electron chi connectivity index (χ2n) is 4.67. The third-order valence-corrected chi connectivity index (χ3v) is 8.94. The third kappa shape index (κ3) is 4.46. The molecule has 0 bridgehead atoms. The van der Waals surface area contributed by atoms with Crippen LogP contribution in [0.5, 0.6) is 0 Å². The first-order chi connectivity index (χ1) is 8.15. The fraction of sp³-hybridized carbons (Fsp3) is 0.846. The summed E-state index contributed by atoms with van der Waals surface area (Å²) in [7, 11) is 1.84. The number of nitriles is 1. The van der Waals surface area contributed by atoms with Gasteiger partial charge in [-0.05, 0) is 0 Å². The molecule has 0 spiro atoms. The molecule has 1 N–H and O–H groups in total. The molecule has 0 radical (unpaired) electrons. The van der Waals surface area contributed by atoms with E-state index in [-0.39, 0.29) is 5.41 Å². The van der Waals surface area contributed by atoms with Crippen molar-refractivity contribution in [3.8, 4) is 6.07 Å². The van der Waals surface area contributed by atoms with Gasteiger partial charge in [0.05, 0.1) is 0 Å². The Bertz CT molecular complexity index is 302. The van der Waals surface area contributed by atoms with Crippen molar-refractivity contribution < 1.29 is 0 Å². The van der Waals surface area contributed by atoms with Crippen molar-refractivity contribution in [2.45, 2.75) is 46.0 Å². The Labute approximate surface area is 113 Å². The zero-order valence-corrected chi connectivity index (χ0v) is 13.4. The molecule has 0 heterocycles. The second kappa shape index (κ2) is 7.20. The summed E-state index contributed by atoms with van der Waals surface area (Å²) in [4.78, 5) is 4.17. The van der Waals surface area contributed by atoms with Gasteiger partial charge in [-0.3, -0.25) is 0 Å².